The van der Waals surface area contributed by atoms with Crippen LogP contribution in [0.4, 0.5) is 0 Å². The summed E-state index contributed by atoms with van der Waals surface area (Å²) in [5, 5.41) is 14.5. The number of phenolic OH excluding ortho intramolecular Hbond substituents is 1. The summed E-state index contributed by atoms with van der Waals surface area (Å²) < 4.78 is 0. The second kappa shape index (κ2) is 6.79. The van der Waals surface area contributed by atoms with E-state index in [1.165, 1.54) is 13.3 Å². The summed E-state index contributed by atoms with van der Waals surface area (Å²) >= 11 is 0. The molecule has 3 aromatic rings. The van der Waals surface area contributed by atoms with Gasteiger partial charge in [0, 0.05) is 11.1 Å². The van der Waals surface area contributed by atoms with E-state index in [-0.39, 0.29) is 5.75 Å². The summed E-state index contributed by atoms with van der Waals surface area (Å²) in [6.45, 7) is 0. The number of phenols is 1. The molecule has 0 bridgehead atoms. The Morgan fingerprint density at radius 1 is 0.826 bits per heavy atom. The third-order valence-electron chi connectivity index (χ3n) is 3.65. The molecule has 114 valence electrons. The van der Waals surface area contributed by atoms with Crippen molar-refractivity contribution < 1.29 is 9.94 Å². The predicted molar refractivity (Wildman–Crippen MR) is 93.6 cm³/mol. The molecule has 3 rings (SSSR count). The SMILES string of the molecule is CO/N=C\c1ccc(-c2ccccc2)c(-c2ccccc2)c1O. The molecule has 0 unspecified atom stereocenters. The van der Waals surface area contributed by atoms with Gasteiger partial charge in [0.2, 0.25) is 0 Å². The highest BCUT2D eigenvalue weighted by atomic mass is 16.6. The fraction of sp³-hybridized carbons (Fsp3) is 0.0500. The van der Waals surface area contributed by atoms with Crippen molar-refractivity contribution in [2.45, 2.75) is 0 Å². The van der Waals surface area contributed by atoms with Gasteiger partial charge in [-0.1, -0.05) is 71.9 Å². The highest BCUT2D eigenvalue weighted by Crippen LogP contribution is 2.40. The Morgan fingerprint density at radius 2 is 1.43 bits per heavy atom. The Balaban J connectivity index is 2.25. The van der Waals surface area contributed by atoms with Gasteiger partial charge in [0.25, 0.3) is 0 Å². The van der Waals surface area contributed by atoms with Crippen LogP contribution in [0.5, 0.6) is 5.75 Å². The maximum atomic E-state index is 10.8. The van der Waals surface area contributed by atoms with E-state index in [1.807, 2.05) is 72.8 Å². The number of hydrogen-bond donors (Lipinski definition) is 1. The molecule has 0 heterocycles. The highest BCUT2D eigenvalue weighted by molar-refractivity contribution is 5.95. The molecular weight excluding hydrogens is 286 g/mol. The van der Waals surface area contributed by atoms with Crippen molar-refractivity contribution in [2.24, 2.45) is 5.16 Å². The van der Waals surface area contributed by atoms with Crippen LogP contribution in [0.25, 0.3) is 22.3 Å². The van der Waals surface area contributed by atoms with E-state index in [0.717, 1.165) is 22.3 Å². The Kier molecular flexibility index (Phi) is 4.39. The van der Waals surface area contributed by atoms with Gasteiger partial charge in [-0.3, -0.25) is 0 Å². The van der Waals surface area contributed by atoms with E-state index in [2.05, 4.69) is 5.16 Å². The second-order valence-electron chi connectivity index (χ2n) is 5.08. The molecule has 0 aliphatic carbocycles. The summed E-state index contributed by atoms with van der Waals surface area (Å²) in [4.78, 5) is 4.72. The van der Waals surface area contributed by atoms with Gasteiger partial charge >= 0.3 is 0 Å². The topological polar surface area (TPSA) is 41.8 Å². The quantitative estimate of drug-likeness (QED) is 0.560. The number of nitrogens with zero attached hydrogens (tertiary/aromatic N) is 1. The van der Waals surface area contributed by atoms with E-state index in [1.54, 1.807) is 0 Å². The van der Waals surface area contributed by atoms with Gasteiger partial charge in [0.1, 0.15) is 12.9 Å². The van der Waals surface area contributed by atoms with Crippen molar-refractivity contribution in [3.05, 3.63) is 78.4 Å². The number of hydrogen-bond acceptors (Lipinski definition) is 3. The van der Waals surface area contributed by atoms with Gasteiger partial charge in [-0.05, 0) is 22.8 Å². The minimum Gasteiger partial charge on any atom is -0.507 e. The van der Waals surface area contributed by atoms with E-state index >= 15 is 0 Å². The summed E-state index contributed by atoms with van der Waals surface area (Å²) in [5.41, 5.74) is 4.39. The van der Waals surface area contributed by atoms with Gasteiger partial charge in [-0.2, -0.15) is 0 Å². The molecule has 0 radical (unpaired) electrons. The van der Waals surface area contributed by atoms with Crippen molar-refractivity contribution in [3.8, 4) is 28.0 Å². The predicted octanol–water partition coefficient (Wildman–Crippen LogP) is 4.71. The fourth-order valence-electron chi connectivity index (χ4n) is 2.58. The summed E-state index contributed by atoms with van der Waals surface area (Å²) in [6.07, 6.45) is 1.51. The summed E-state index contributed by atoms with van der Waals surface area (Å²) in [5.74, 6) is 0.193. The van der Waals surface area contributed by atoms with Gasteiger partial charge in [0.05, 0.1) is 6.21 Å². The molecule has 3 aromatic carbocycles. The number of rotatable bonds is 4. The van der Waals surface area contributed by atoms with Crippen LogP contribution in [0.15, 0.2) is 78.0 Å². The smallest absolute Gasteiger partial charge is 0.132 e. The lowest BCUT2D eigenvalue weighted by Gasteiger charge is -2.14. The van der Waals surface area contributed by atoms with Crippen molar-refractivity contribution in [3.63, 3.8) is 0 Å². The standard InChI is InChI=1S/C20H17NO2/c1-23-21-14-17-12-13-18(15-8-4-2-5-9-15)19(20(17)22)16-10-6-3-7-11-16/h2-14,22H,1H3/b21-14-. The molecule has 23 heavy (non-hydrogen) atoms. The van der Waals surface area contributed by atoms with Crippen LogP contribution in [0.3, 0.4) is 0 Å². The maximum Gasteiger partial charge on any atom is 0.132 e. The first kappa shape index (κ1) is 14.9. The molecule has 0 aromatic heterocycles. The van der Waals surface area contributed by atoms with Crippen molar-refractivity contribution in [1.82, 2.24) is 0 Å². The van der Waals surface area contributed by atoms with Crippen LogP contribution < -0.4 is 0 Å². The minimum absolute atomic E-state index is 0.193. The Morgan fingerprint density at radius 3 is 2.04 bits per heavy atom. The van der Waals surface area contributed by atoms with Gasteiger partial charge in [0.15, 0.2) is 0 Å². The zero-order valence-electron chi connectivity index (χ0n) is 12.8. The fourth-order valence-corrected chi connectivity index (χ4v) is 2.58. The first-order valence-electron chi connectivity index (χ1n) is 7.34. The van der Waals surface area contributed by atoms with Crippen molar-refractivity contribution in [2.75, 3.05) is 7.11 Å². The largest absolute Gasteiger partial charge is 0.507 e. The normalized spacial score (nSPS) is 10.8. The zero-order valence-corrected chi connectivity index (χ0v) is 12.8. The van der Waals surface area contributed by atoms with E-state index in [4.69, 9.17) is 4.84 Å². The molecular formula is C20H17NO2. The minimum atomic E-state index is 0.193. The van der Waals surface area contributed by atoms with E-state index in [9.17, 15) is 5.11 Å². The molecule has 0 aliphatic heterocycles. The van der Waals surface area contributed by atoms with Crippen LogP contribution in [0.1, 0.15) is 5.56 Å². The average Bonchev–Trinajstić information content (AvgIpc) is 2.62. The Hall–Kier alpha value is -3.07. The monoisotopic (exact) mass is 303 g/mol. The molecule has 1 N–H and O–H groups in total. The lowest BCUT2D eigenvalue weighted by Crippen LogP contribution is -1.91. The average molecular weight is 303 g/mol. The molecule has 3 heteroatoms. The molecule has 0 saturated heterocycles. The molecule has 0 amide bonds. The van der Waals surface area contributed by atoms with E-state index < -0.39 is 0 Å². The van der Waals surface area contributed by atoms with E-state index in [0.29, 0.717) is 5.56 Å². The number of aromatic hydroxyl groups is 1. The van der Waals surface area contributed by atoms with Gasteiger partial charge < -0.3 is 9.94 Å². The molecule has 0 spiro atoms. The van der Waals surface area contributed by atoms with Gasteiger partial charge in [-0.15, -0.1) is 0 Å². The first-order chi connectivity index (χ1) is 11.3. The van der Waals surface area contributed by atoms with Gasteiger partial charge in [-0.25, -0.2) is 0 Å². The van der Waals surface area contributed by atoms with Crippen LogP contribution >= 0.6 is 0 Å². The lowest BCUT2D eigenvalue weighted by molar-refractivity contribution is 0.215. The third-order valence-corrected chi connectivity index (χ3v) is 3.65. The van der Waals surface area contributed by atoms with Crippen LogP contribution in [0.2, 0.25) is 0 Å². The van der Waals surface area contributed by atoms with Crippen molar-refractivity contribution >= 4 is 6.21 Å². The molecule has 0 saturated carbocycles. The lowest BCUT2D eigenvalue weighted by atomic mass is 9.92. The first-order valence-corrected chi connectivity index (χ1v) is 7.34. The van der Waals surface area contributed by atoms with Crippen molar-refractivity contribution in [1.29, 1.82) is 0 Å². The maximum absolute atomic E-state index is 10.8. The Bertz CT molecular complexity index is 812. The van der Waals surface area contributed by atoms with Crippen LogP contribution in [-0.2, 0) is 4.84 Å². The zero-order chi connectivity index (χ0) is 16.1. The number of oxime groups is 1. The molecule has 3 nitrogen and oxygen atoms in total. The molecule has 0 fully saturated rings. The summed E-state index contributed by atoms with van der Waals surface area (Å²) in [7, 11) is 1.48. The second-order valence-corrected chi connectivity index (χ2v) is 5.08. The Labute approximate surface area is 135 Å². The van der Waals surface area contributed by atoms with Crippen LogP contribution in [-0.4, -0.2) is 18.4 Å². The number of benzene rings is 3. The highest BCUT2D eigenvalue weighted by Gasteiger charge is 2.15. The third kappa shape index (κ3) is 3.09. The molecule has 0 atom stereocenters. The summed E-state index contributed by atoms with van der Waals surface area (Å²) in [6, 6.07) is 23.7. The molecule has 0 aliphatic rings. The van der Waals surface area contributed by atoms with Crippen LogP contribution in [0, 0.1) is 0 Å².